The molecule has 0 saturated heterocycles. The number of carboxylic acid groups (broad SMARTS) is 1. The number of aliphatic hydroxyl groups excluding tert-OH is 1. The summed E-state index contributed by atoms with van der Waals surface area (Å²) >= 11 is 6.58. The predicted octanol–water partition coefficient (Wildman–Crippen LogP) is 3.81. The molecule has 3 heterocycles. The van der Waals surface area contributed by atoms with E-state index in [4.69, 9.17) is 21.4 Å². The fourth-order valence-electron chi connectivity index (χ4n) is 3.70. The first-order valence-corrected chi connectivity index (χ1v) is 10.3. The van der Waals surface area contributed by atoms with Crippen molar-refractivity contribution >= 4 is 34.6 Å². The van der Waals surface area contributed by atoms with E-state index in [1.165, 1.54) is 6.33 Å². The number of anilines is 1. The van der Waals surface area contributed by atoms with E-state index in [0.29, 0.717) is 33.3 Å². The van der Waals surface area contributed by atoms with Gasteiger partial charge in [0.1, 0.15) is 23.3 Å². The molecule has 174 valence electrons. The second-order valence-electron chi connectivity index (χ2n) is 7.20. The molecule has 0 fully saturated rings. The molecule has 0 aliphatic carbocycles. The van der Waals surface area contributed by atoms with Gasteiger partial charge in [-0.05, 0) is 31.5 Å². The molecule has 0 amide bonds. The van der Waals surface area contributed by atoms with Gasteiger partial charge in [0.25, 0.3) is 0 Å². The van der Waals surface area contributed by atoms with E-state index in [0.717, 1.165) is 23.8 Å². The summed E-state index contributed by atoms with van der Waals surface area (Å²) < 4.78 is 7.36. The molecule has 4 aromatic rings. The van der Waals surface area contributed by atoms with E-state index in [1.807, 2.05) is 19.9 Å². The third-order valence-electron chi connectivity index (χ3n) is 5.26. The number of fused-ring (bicyclic) bond motifs is 1. The summed E-state index contributed by atoms with van der Waals surface area (Å²) in [5, 5.41) is 20.4. The van der Waals surface area contributed by atoms with E-state index in [9.17, 15) is 9.90 Å². The number of aromatic amines is 1. The first-order chi connectivity index (χ1) is 15.8. The highest BCUT2D eigenvalue weighted by molar-refractivity contribution is 6.32. The maximum atomic E-state index is 11.5. The van der Waals surface area contributed by atoms with Gasteiger partial charge in [-0.15, -0.1) is 0 Å². The van der Waals surface area contributed by atoms with Crippen LogP contribution in [-0.4, -0.2) is 54.9 Å². The molecule has 11 heteroatoms. The number of benzene rings is 1. The molecule has 0 aliphatic rings. The zero-order valence-electron chi connectivity index (χ0n) is 18.8. The normalized spacial score (nSPS) is 11.6. The van der Waals surface area contributed by atoms with Crippen molar-refractivity contribution in [2.24, 2.45) is 7.05 Å². The number of hydrogen-bond acceptors (Lipinski definition) is 7. The number of aryl methyl sites for hydroxylation is 1. The van der Waals surface area contributed by atoms with E-state index in [2.05, 4.69) is 25.3 Å². The maximum Gasteiger partial charge on any atom is 0.352 e. The molecule has 10 nitrogen and oxygen atoms in total. The van der Waals surface area contributed by atoms with Crippen molar-refractivity contribution in [1.29, 1.82) is 0 Å². The van der Waals surface area contributed by atoms with Gasteiger partial charge >= 0.3 is 5.97 Å². The first kappa shape index (κ1) is 24.0. The number of imidazole rings is 1. The molecule has 0 aliphatic heterocycles. The number of nitrogens with zero attached hydrogens (tertiary/aromatic N) is 4. The van der Waals surface area contributed by atoms with E-state index in [1.54, 1.807) is 37.3 Å². The minimum Gasteiger partial charge on any atom is -0.496 e. The molecule has 3 aromatic heterocycles. The Kier molecular flexibility index (Phi) is 7.19. The standard InChI is InChI=1S/C21H21ClN6O3.CH4O/c1-10-14(22)6-13(11(2)27-20-17-19(24-8-23-17)25-9-26-20)18(31-4)16(10)12-5-15(21(29)30)28(3)7-12;1-2/h5-9,11H,1-4H3,(H,29,30)(H2,23,24,25,26,27);2H,1H3. The topological polar surface area (TPSA) is 138 Å². The van der Waals surface area contributed by atoms with Crippen LogP contribution in [0.2, 0.25) is 5.02 Å². The zero-order valence-corrected chi connectivity index (χ0v) is 19.6. The van der Waals surface area contributed by atoms with Gasteiger partial charge in [-0.25, -0.2) is 19.7 Å². The number of halogens is 1. The summed E-state index contributed by atoms with van der Waals surface area (Å²) in [5.41, 5.74) is 4.49. The first-order valence-electron chi connectivity index (χ1n) is 9.94. The molecule has 33 heavy (non-hydrogen) atoms. The summed E-state index contributed by atoms with van der Waals surface area (Å²) in [5.74, 6) is 0.206. The molecular weight excluding hydrogens is 448 g/mol. The largest absolute Gasteiger partial charge is 0.496 e. The predicted molar refractivity (Wildman–Crippen MR) is 126 cm³/mol. The average Bonchev–Trinajstić information content (AvgIpc) is 3.43. The number of methoxy groups -OCH3 is 1. The zero-order chi connectivity index (χ0) is 24.3. The summed E-state index contributed by atoms with van der Waals surface area (Å²) in [6.45, 7) is 3.85. The Balaban J connectivity index is 0.00000149. The number of nitrogens with one attached hydrogen (secondary N) is 2. The Hall–Kier alpha value is -3.63. The lowest BCUT2D eigenvalue weighted by atomic mass is 9.95. The van der Waals surface area contributed by atoms with Crippen LogP contribution in [0, 0.1) is 6.92 Å². The number of aromatic nitrogens is 5. The van der Waals surface area contributed by atoms with Gasteiger partial charge in [0.2, 0.25) is 0 Å². The van der Waals surface area contributed by atoms with Crippen molar-refractivity contribution < 1.29 is 19.7 Å². The van der Waals surface area contributed by atoms with Crippen molar-refractivity contribution in [3.05, 3.63) is 52.8 Å². The van der Waals surface area contributed by atoms with Gasteiger partial charge in [0, 0.05) is 42.1 Å². The van der Waals surface area contributed by atoms with Crippen molar-refractivity contribution in [2.45, 2.75) is 19.9 Å². The van der Waals surface area contributed by atoms with Crippen molar-refractivity contribution in [3.8, 4) is 16.9 Å². The van der Waals surface area contributed by atoms with Crippen molar-refractivity contribution in [2.75, 3.05) is 19.5 Å². The molecule has 1 aromatic carbocycles. The van der Waals surface area contributed by atoms with E-state index >= 15 is 0 Å². The minimum atomic E-state index is -1.00. The number of H-pyrrole nitrogens is 1. The Morgan fingerprint density at radius 1 is 1.27 bits per heavy atom. The highest BCUT2D eigenvalue weighted by atomic mass is 35.5. The van der Waals surface area contributed by atoms with Gasteiger partial charge in [0.15, 0.2) is 11.5 Å². The van der Waals surface area contributed by atoms with Crippen LogP contribution in [0.4, 0.5) is 5.82 Å². The summed E-state index contributed by atoms with van der Waals surface area (Å²) in [4.78, 5) is 27.2. The Labute approximate surface area is 195 Å². The number of carboxylic acids is 1. The minimum absolute atomic E-state index is 0.173. The van der Waals surface area contributed by atoms with Crippen molar-refractivity contribution in [1.82, 2.24) is 24.5 Å². The molecule has 4 rings (SSSR count). The summed E-state index contributed by atoms with van der Waals surface area (Å²) in [7, 11) is 4.27. The second kappa shape index (κ2) is 9.88. The monoisotopic (exact) mass is 472 g/mol. The van der Waals surface area contributed by atoms with Gasteiger partial charge in [-0.2, -0.15) is 0 Å². The van der Waals surface area contributed by atoms with Gasteiger partial charge in [-0.3, -0.25) is 0 Å². The van der Waals surface area contributed by atoms with Crippen LogP contribution in [-0.2, 0) is 7.05 Å². The third-order valence-corrected chi connectivity index (χ3v) is 5.66. The summed E-state index contributed by atoms with van der Waals surface area (Å²) in [6, 6.07) is 3.23. The molecule has 0 radical (unpaired) electrons. The van der Waals surface area contributed by atoms with Crippen LogP contribution < -0.4 is 10.1 Å². The molecule has 0 spiro atoms. The van der Waals surface area contributed by atoms with Crippen LogP contribution in [0.5, 0.6) is 5.75 Å². The fraction of sp³-hybridized carbons (Fsp3) is 0.273. The number of rotatable bonds is 6. The number of aliphatic hydroxyl groups is 1. The smallest absolute Gasteiger partial charge is 0.352 e. The van der Waals surface area contributed by atoms with Crippen LogP contribution in [0.25, 0.3) is 22.3 Å². The van der Waals surface area contributed by atoms with Crippen molar-refractivity contribution in [3.63, 3.8) is 0 Å². The maximum absolute atomic E-state index is 11.5. The molecular formula is C22H25ClN6O4. The lowest BCUT2D eigenvalue weighted by Crippen LogP contribution is -2.11. The second-order valence-corrected chi connectivity index (χ2v) is 7.61. The molecule has 0 bridgehead atoms. The van der Waals surface area contributed by atoms with Crippen LogP contribution in [0.3, 0.4) is 0 Å². The van der Waals surface area contributed by atoms with Crippen LogP contribution in [0.15, 0.2) is 31.0 Å². The van der Waals surface area contributed by atoms with E-state index in [-0.39, 0.29) is 11.7 Å². The SMILES string of the molecule is CO.COc1c(C(C)Nc2ncnc3nc[nH]c23)cc(Cl)c(C)c1-c1cc(C(=O)O)n(C)c1. The number of carbonyl (C=O) groups is 1. The van der Waals surface area contributed by atoms with Gasteiger partial charge in [-0.1, -0.05) is 11.6 Å². The lowest BCUT2D eigenvalue weighted by molar-refractivity contribution is 0.0686. The molecule has 0 saturated carbocycles. The Morgan fingerprint density at radius 2 is 2.00 bits per heavy atom. The Bertz CT molecular complexity index is 1300. The van der Waals surface area contributed by atoms with Crippen LogP contribution >= 0.6 is 11.6 Å². The molecule has 1 atom stereocenters. The number of hydrogen-bond donors (Lipinski definition) is 4. The average molecular weight is 473 g/mol. The third kappa shape index (κ3) is 4.48. The number of aromatic carboxylic acids is 1. The summed E-state index contributed by atoms with van der Waals surface area (Å²) in [6.07, 6.45) is 4.76. The van der Waals surface area contributed by atoms with Gasteiger partial charge in [0.05, 0.1) is 19.5 Å². The molecule has 1 unspecified atom stereocenters. The van der Waals surface area contributed by atoms with Gasteiger partial charge < -0.3 is 29.8 Å². The highest BCUT2D eigenvalue weighted by Gasteiger charge is 2.23. The lowest BCUT2D eigenvalue weighted by Gasteiger charge is -2.22. The molecule has 4 N–H and O–H groups in total. The fourth-order valence-corrected chi connectivity index (χ4v) is 3.92. The quantitative estimate of drug-likeness (QED) is 0.332. The Morgan fingerprint density at radius 3 is 2.64 bits per heavy atom. The highest BCUT2D eigenvalue weighted by Crippen LogP contribution is 2.43. The van der Waals surface area contributed by atoms with Crippen LogP contribution in [0.1, 0.15) is 34.6 Å². The van der Waals surface area contributed by atoms with E-state index < -0.39 is 5.97 Å². The number of ether oxygens (including phenoxy) is 1.